The van der Waals surface area contributed by atoms with Gasteiger partial charge in [0.1, 0.15) is 23.8 Å². The van der Waals surface area contributed by atoms with Crippen molar-refractivity contribution in [3.8, 4) is 34.0 Å². The third-order valence-electron chi connectivity index (χ3n) is 6.31. The molecule has 5 heterocycles. The van der Waals surface area contributed by atoms with Gasteiger partial charge in [0.2, 0.25) is 5.91 Å². The van der Waals surface area contributed by atoms with Crippen LogP contribution < -0.4 is 20.1 Å². The van der Waals surface area contributed by atoms with Gasteiger partial charge in [0.05, 0.1) is 17.5 Å². The zero-order valence-corrected chi connectivity index (χ0v) is 24.5. The minimum atomic E-state index is -3.73. The van der Waals surface area contributed by atoms with Crippen LogP contribution in [0.2, 0.25) is 0 Å². The normalized spacial score (nSPS) is 14.6. The Labute approximate surface area is 243 Å². The summed E-state index contributed by atoms with van der Waals surface area (Å²) in [5.74, 6) is 0.961. The SMILES string of the molecule is CC(=O)Nc1cc(Nc2cc(-c3cnccc3C(C)O)cc(S(C)(=O)=O)n2)c(-c2ccc3c(n2)OCC(C)(C)O3)cn1. The van der Waals surface area contributed by atoms with Crippen molar-refractivity contribution in [1.82, 2.24) is 19.9 Å². The lowest BCUT2D eigenvalue weighted by Gasteiger charge is -2.31. The van der Waals surface area contributed by atoms with E-state index in [2.05, 4.69) is 30.6 Å². The number of nitrogens with zero attached hydrogens (tertiary/aromatic N) is 4. The highest BCUT2D eigenvalue weighted by molar-refractivity contribution is 7.90. The van der Waals surface area contributed by atoms with Crippen LogP contribution in [0.1, 0.15) is 39.4 Å². The zero-order valence-electron chi connectivity index (χ0n) is 23.7. The van der Waals surface area contributed by atoms with Crippen LogP contribution >= 0.6 is 0 Å². The molecule has 4 aromatic rings. The highest BCUT2D eigenvalue weighted by atomic mass is 32.2. The third kappa shape index (κ3) is 6.31. The molecule has 1 aliphatic rings. The highest BCUT2D eigenvalue weighted by Gasteiger charge is 2.29. The highest BCUT2D eigenvalue weighted by Crippen LogP contribution is 2.38. The van der Waals surface area contributed by atoms with Crippen molar-refractivity contribution < 1.29 is 27.8 Å². The van der Waals surface area contributed by atoms with Crippen LogP contribution in [0.5, 0.6) is 11.6 Å². The quantitative estimate of drug-likeness (QED) is 0.281. The van der Waals surface area contributed by atoms with Gasteiger partial charge in [0.15, 0.2) is 20.6 Å². The summed E-state index contributed by atoms with van der Waals surface area (Å²) in [6, 6.07) is 9.86. The molecule has 3 N–H and O–H groups in total. The summed E-state index contributed by atoms with van der Waals surface area (Å²) >= 11 is 0. The molecule has 1 atom stereocenters. The van der Waals surface area contributed by atoms with Crippen LogP contribution in [0, 0.1) is 0 Å². The molecular weight excluding hydrogens is 560 g/mol. The molecule has 0 bridgehead atoms. The Morgan fingerprint density at radius 1 is 1.07 bits per heavy atom. The number of hydrogen-bond acceptors (Lipinski definition) is 11. The molecule has 0 spiro atoms. The molecule has 1 aliphatic heterocycles. The maximum atomic E-state index is 12.6. The maximum absolute atomic E-state index is 12.6. The summed E-state index contributed by atoms with van der Waals surface area (Å²) in [6.45, 7) is 7.12. The first-order valence-electron chi connectivity index (χ1n) is 13.0. The first-order valence-corrected chi connectivity index (χ1v) is 14.9. The fourth-order valence-electron chi connectivity index (χ4n) is 4.40. The number of sulfone groups is 1. The van der Waals surface area contributed by atoms with Gasteiger partial charge in [-0.2, -0.15) is 0 Å². The second-order valence-electron chi connectivity index (χ2n) is 10.6. The second kappa shape index (κ2) is 11.0. The number of ether oxygens (including phenoxy) is 2. The Morgan fingerprint density at radius 3 is 2.57 bits per heavy atom. The van der Waals surface area contributed by atoms with Crippen molar-refractivity contribution >= 4 is 33.1 Å². The second-order valence-corrected chi connectivity index (χ2v) is 12.5. The predicted molar refractivity (Wildman–Crippen MR) is 156 cm³/mol. The van der Waals surface area contributed by atoms with Crippen LogP contribution in [0.4, 0.5) is 17.3 Å². The number of nitrogens with one attached hydrogen (secondary N) is 2. The van der Waals surface area contributed by atoms with E-state index in [9.17, 15) is 18.3 Å². The first kappa shape index (κ1) is 28.9. The monoisotopic (exact) mass is 590 g/mol. The molecule has 0 aromatic carbocycles. The Hall–Kier alpha value is -4.62. The Bertz CT molecular complexity index is 1790. The molecule has 13 heteroatoms. The van der Waals surface area contributed by atoms with Gasteiger partial charge in [-0.3, -0.25) is 9.78 Å². The zero-order chi connectivity index (χ0) is 30.2. The molecule has 218 valence electrons. The first-order chi connectivity index (χ1) is 19.8. The van der Waals surface area contributed by atoms with Crippen LogP contribution in [-0.4, -0.2) is 57.8 Å². The minimum Gasteiger partial charge on any atom is -0.479 e. The lowest BCUT2D eigenvalue weighted by Crippen LogP contribution is -2.39. The van der Waals surface area contributed by atoms with Crippen molar-refractivity contribution in [1.29, 1.82) is 0 Å². The summed E-state index contributed by atoms with van der Waals surface area (Å²) in [5, 5.41) is 16.0. The van der Waals surface area contributed by atoms with Crippen LogP contribution in [0.15, 0.2) is 60.0 Å². The number of anilines is 3. The molecule has 1 unspecified atom stereocenters. The van der Waals surface area contributed by atoms with Crippen molar-refractivity contribution in [3.05, 3.63) is 60.6 Å². The number of amides is 1. The predicted octanol–water partition coefficient (Wildman–Crippen LogP) is 4.31. The number of aliphatic hydroxyl groups excluding tert-OH is 1. The summed E-state index contributed by atoms with van der Waals surface area (Å²) in [5.41, 5.74) is 2.56. The Morgan fingerprint density at radius 2 is 1.86 bits per heavy atom. The van der Waals surface area contributed by atoms with E-state index < -0.39 is 21.5 Å². The Kier molecular flexibility index (Phi) is 7.56. The number of pyridine rings is 4. The number of aromatic nitrogens is 4. The van der Waals surface area contributed by atoms with E-state index in [1.807, 2.05) is 13.8 Å². The van der Waals surface area contributed by atoms with Crippen molar-refractivity contribution in [2.45, 2.75) is 44.4 Å². The molecule has 0 saturated heterocycles. The van der Waals surface area contributed by atoms with Gasteiger partial charge in [-0.15, -0.1) is 0 Å². The van der Waals surface area contributed by atoms with E-state index in [0.717, 1.165) is 6.26 Å². The summed E-state index contributed by atoms with van der Waals surface area (Å²) in [4.78, 5) is 29.3. The van der Waals surface area contributed by atoms with Gasteiger partial charge in [0, 0.05) is 49.0 Å². The van der Waals surface area contributed by atoms with Gasteiger partial charge in [-0.25, -0.2) is 23.4 Å². The molecule has 4 aromatic heterocycles. The average Bonchev–Trinajstić information content (AvgIpc) is 2.91. The fraction of sp³-hybridized carbons (Fsp3) is 0.276. The molecule has 5 rings (SSSR count). The standard InChI is InChI=1S/C29H30N6O6S/c1-16(36)19-8-9-30-13-20(19)18-10-26(35-27(11-18)42(5,38)39)33-23-12-25(32-17(2)37)31-14-21(23)22-6-7-24-28(34-22)40-15-29(3,4)41-24/h6-14,16,36H,15H2,1-5H3,(H2,31,32,33,35,37). The third-order valence-corrected chi connectivity index (χ3v) is 7.28. The molecule has 42 heavy (non-hydrogen) atoms. The summed E-state index contributed by atoms with van der Waals surface area (Å²) in [7, 11) is -3.73. The van der Waals surface area contributed by atoms with E-state index in [-0.39, 0.29) is 22.6 Å². The fourth-order valence-corrected chi connectivity index (χ4v) is 5.01. The van der Waals surface area contributed by atoms with E-state index in [4.69, 9.17) is 9.47 Å². The van der Waals surface area contributed by atoms with Gasteiger partial charge in [0.25, 0.3) is 5.88 Å². The van der Waals surface area contributed by atoms with Crippen LogP contribution in [0.3, 0.4) is 0 Å². The minimum absolute atomic E-state index is 0.180. The van der Waals surface area contributed by atoms with E-state index in [1.165, 1.54) is 19.2 Å². The van der Waals surface area contributed by atoms with Gasteiger partial charge >= 0.3 is 0 Å². The van der Waals surface area contributed by atoms with E-state index in [0.29, 0.717) is 51.9 Å². The summed E-state index contributed by atoms with van der Waals surface area (Å²) < 4.78 is 37.1. The van der Waals surface area contributed by atoms with E-state index in [1.54, 1.807) is 49.6 Å². The summed E-state index contributed by atoms with van der Waals surface area (Å²) in [6.07, 6.45) is 4.88. The molecular formula is C29H30N6O6S. The number of aliphatic hydroxyl groups is 1. The molecule has 0 radical (unpaired) electrons. The van der Waals surface area contributed by atoms with Crippen LogP contribution in [-0.2, 0) is 14.6 Å². The number of carbonyl (C=O) groups is 1. The van der Waals surface area contributed by atoms with Crippen molar-refractivity contribution in [3.63, 3.8) is 0 Å². The number of rotatable bonds is 7. The largest absolute Gasteiger partial charge is 0.479 e. The van der Waals surface area contributed by atoms with E-state index >= 15 is 0 Å². The molecule has 0 saturated carbocycles. The maximum Gasteiger partial charge on any atom is 0.257 e. The molecule has 0 fully saturated rings. The van der Waals surface area contributed by atoms with Crippen LogP contribution in [0.25, 0.3) is 22.4 Å². The van der Waals surface area contributed by atoms with Gasteiger partial charge in [-0.1, -0.05) is 0 Å². The van der Waals surface area contributed by atoms with Crippen molar-refractivity contribution in [2.75, 3.05) is 23.5 Å². The lowest BCUT2D eigenvalue weighted by atomic mass is 10.00. The number of hydrogen-bond donors (Lipinski definition) is 3. The average molecular weight is 591 g/mol. The number of fused-ring (bicyclic) bond motifs is 1. The molecule has 1 amide bonds. The van der Waals surface area contributed by atoms with Crippen molar-refractivity contribution in [2.24, 2.45) is 0 Å². The molecule has 0 aliphatic carbocycles. The topological polar surface area (TPSA) is 166 Å². The number of carbonyl (C=O) groups excluding carboxylic acids is 1. The Balaban J connectivity index is 1.63. The van der Waals surface area contributed by atoms with Gasteiger partial charge in [-0.05, 0) is 62.2 Å². The lowest BCUT2D eigenvalue weighted by molar-refractivity contribution is -0.114. The smallest absolute Gasteiger partial charge is 0.257 e. The van der Waals surface area contributed by atoms with Gasteiger partial charge < -0.3 is 25.2 Å². The molecule has 12 nitrogen and oxygen atoms in total.